The molecule has 178 valence electrons. The predicted octanol–water partition coefficient (Wildman–Crippen LogP) is 6.62. The number of nitrogens with one attached hydrogen (secondary N) is 1. The summed E-state index contributed by atoms with van der Waals surface area (Å²) < 4.78 is 21.4. The molecule has 0 saturated heterocycles. The van der Waals surface area contributed by atoms with Crippen LogP contribution in [0, 0.1) is 12.7 Å². The lowest BCUT2D eigenvalue weighted by Crippen LogP contribution is -2.37. The molecule has 4 aromatic carbocycles. The molecule has 5 heteroatoms. The molecule has 4 nitrogen and oxygen atoms in total. The Labute approximate surface area is 204 Å². The molecule has 0 aliphatic carbocycles. The molecule has 1 heterocycles. The van der Waals surface area contributed by atoms with Crippen LogP contribution in [0.25, 0.3) is 10.8 Å². The Kier molecular flexibility index (Phi) is 6.27. The number of carboxylic acids is 1. The Bertz CT molecular complexity index is 1390. The van der Waals surface area contributed by atoms with Gasteiger partial charge in [-0.25, -0.2) is 9.18 Å². The third kappa shape index (κ3) is 4.40. The largest absolute Gasteiger partial charge is 0.489 e. The van der Waals surface area contributed by atoms with E-state index in [1.165, 1.54) is 28.5 Å². The molecule has 2 N–H and O–H groups in total. The average molecular weight is 470 g/mol. The number of rotatable bonds is 6. The van der Waals surface area contributed by atoms with Crippen molar-refractivity contribution in [2.45, 2.75) is 38.3 Å². The predicted molar refractivity (Wildman–Crippen MR) is 136 cm³/mol. The van der Waals surface area contributed by atoms with Crippen molar-refractivity contribution >= 4 is 16.7 Å². The summed E-state index contributed by atoms with van der Waals surface area (Å²) in [5.41, 5.74) is 3.13. The lowest BCUT2D eigenvalue weighted by molar-refractivity contribution is 0.0696. The molecule has 0 radical (unpaired) electrons. The fourth-order valence-electron chi connectivity index (χ4n) is 5.29. The summed E-state index contributed by atoms with van der Waals surface area (Å²) in [6.07, 6.45) is 0.354. The zero-order chi connectivity index (χ0) is 24.5. The smallest absolute Gasteiger partial charge is 0.335 e. The SMILES string of the molecule is Cc1c(C(=O)O)ccc(F)c1C1CC(CNC(C)c2cccc3ccccc23)Oc2ccccc21. The van der Waals surface area contributed by atoms with Crippen molar-refractivity contribution in [3.63, 3.8) is 0 Å². The van der Waals surface area contributed by atoms with Crippen molar-refractivity contribution < 1.29 is 19.0 Å². The van der Waals surface area contributed by atoms with E-state index in [0.29, 0.717) is 29.8 Å². The molecule has 4 aromatic rings. The van der Waals surface area contributed by atoms with Crippen LogP contribution in [0.2, 0.25) is 0 Å². The maximum Gasteiger partial charge on any atom is 0.335 e. The van der Waals surface area contributed by atoms with E-state index in [-0.39, 0.29) is 29.4 Å². The summed E-state index contributed by atoms with van der Waals surface area (Å²) in [5.74, 6) is -1.01. The van der Waals surface area contributed by atoms with Crippen LogP contribution in [-0.4, -0.2) is 23.7 Å². The minimum absolute atomic E-state index is 0.0918. The first kappa shape index (κ1) is 23.1. The molecule has 0 spiro atoms. The van der Waals surface area contributed by atoms with E-state index in [0.717, 1.165) is 5.56 Å². The van der Waals surface area contributed by atoms with Crippen molar-refractivity contribution in [3.05, 3.63) is 112 Å². The van der Waals surface area contributed by atoms with Gasteiger partial charge >= 0.3 is 5.97 Å². The molecule has 3 unspecified atom stereocenters. The van der Waals surface area contributed by atoms with Gasteiger partial charge in [-0.2, -0.15) is 0 Å². The number of carbonyl (C=O) groups is 1. The number of halogens is 1. The summed E-state index contributed by atoms with van der Waals surface area (Å²) in [4.78, 5) is 11.7. The highest BCUT2D eigenvalue weighted by molar-refractivity contribution is 5.90. The molecule has 0 amide bonds. The summed E-state index contributed by atoms with van der Waals surface area (Å²) >= 11 is 0. The van der Waals surface area contributed by atoms with Gasteiger partial charge in [-0.15, -0.1) is 0 Å². The zero-order valence-electron chi connectivity index (χ0n) is 19.8. The Morgan fingerprint density at radius 2 is 1.80 bits per heavy atom. The molecule has 3 atom stereocenters. The van der Waals surface area contributed by atoms with Gasteiger partial charge in [0.25, 0.3) is 0 Å². The van der Waals surface area contributed by atoms with Crippen LogP contribution < -0.4 is 10.1 Å². The Morgan fingerprint density at radius 3 is 2.63 bits per heavy atom. The van der Waals surface area contributed by atoms with Gasteiger partial charge in [0.15, 0.2) is 0 Å². The molecule has 1 aliphatic heterocycles. The van der Waals surface area contributed by atoms with Gasteiger partial charge in [0, 0.05) is 24.1 Å². The third-order valence-corrected chi connectivity index (χ3v) is 7.07. The second-order valence-corrected chi connectivity index (χ2v) is 9.20. The molecule has 0 bridgehead atoms. The maximum atomic E-state index is 15.1. The zero-order valence-corrected chi connectivity index (χ0v) is 19.8. The number of para-hydroxylation sites is 1. The molecule has 1 aliphatic rings. The van der Waals surface area contributed by atoms with Crippen LogP contribution in [-0.2, 0) is 0 Å². The fraction of sp³-hybridized carbons (Fsp3) is 0.233. The second kappa shape index (κ2) is 9.51. The highest BCUT2D eigenvalue weighted by Crippen LogP contribution is 2.43. The highest BCUT2D eigenvalue weighted by Gasteiger charge is 2.33. The summed E-state index contributed by atoms with van der Waals surface area (Å²) in [5, 5.41) is 15.6. The van der Waals surface area contributed by atoms with E-state index in [9.17, 15) is 9.90 Å². The standard InChI is InChI=1S/C30H28FNO3/c1-18-22(30(33)34)14-15-27(31)29(18)26-16-21(35-28-13-6-5-11-25(26)28)17-32-19(2)23-12-7-9-20-8-3-4-10-24(20)23/h3-15,19,21,26,32H,16-17H2,1-2H3,(H,33,34). The molecular weight excluding hydrogens is 441 g/mol. The van der Waals surface area contributed by atoms with Crippen molar-refractivity contribution in [3.8, 4) is 5.75 Å². The van der Waals surface area contributed by atoms with Gasteiger partial charge in [-0.05, 0) is 65.9 Å². The molecule has 0 saturated carbocycles. The Morgan fingerprint density at radius 1 is 1.06 bits per heavy atom. The minimum Gasteiger partial charge on any atom is -0.489 e. The molecule has 35 heavy (non-hydrogen) atoms. The van der Waals surface area contributed by atoms with Crippen molar-refractivity contribution in [1.29, 1.82) is 0 Å². The topological polar surface area (TPSA) is 58.6 Å². The second-order valence-electron chi connectivity index (χ2n) is 9.20. The first-order valence-electron chi connectivity index (χ1n) is 11.9. The van der Waals surface area contributed by atoms with E-state index in [4.69, 9.17) is 4.74 Å². The third-order valence-electron chi connectivity index (χ3n) is 7.07. The van der Waals surface area contributed by atoms with Crippen LogP contribution in [0.1, 0.15) is 57.9 Å². The van der Waals surface area contributed by atoms with Gasteiger partial charge in [0.2, 0.25) is 0 Å². The Hall–Kier alpha value is -3.70. The number of fused-ring (bicyclic) bond motifs is 2. The van der Waals surface area contributed by atoms with Crippen molar-refractivity contribution in [2.75, 3.05) is 6.54 Å². The van der Waals surface area contributed by atoms with Crippen molar-refractivity contribution in [1.82, 2.24) is 5.32 Å². The van der Waals surface area contributed by atoms with E-state index in [2.05, 4.69) is 42.6 Å². The summed E-state index contributed by atoms with van der Waals surface area (Å²) in [7, 11) is 0. The molecule has 5 rings (SSSR count). The van der Waals surface area contributed by atoms with Crippen LogP contribution in [0.5, 0.6) is 5.75 Å². The van der Waals surface area contributed by atoms with E-state index in [1.807, 2.05) is 36.4 Å². The monoisotopic (exact) mass is 469 g/mol. The first-order valence-corrected chi connectivity index (χ1v) is 11.9. The van der Waals surface area contributed by atoms with Gasteiger partial charge in [0.1, 0.15) is 17.7 Å². The maximum absolute atomic E-state index is 15.1. The van der Waals surface area contributed by atoms with E-state index < -0.39 is 5.97 Å². The number of aromatic carboxylic acids is 1. The number of ether oxygens (including phenoxy) is 1. The van der Waals surface area contributed by atoms with Gasteiger partial charge < -0.3 is 15.2 Å². The first-order chi connectivity index (χ1) is 16.9. The van der Waals surface area contributed by atoms with E-state index >= 15 is 4.39 Å². The summed E-state index contributed by atoms with van der Waals surface area (Å²) in [6.45, 7) is 4.40. The molecule has 0 fully saturated rings. The quantitative estimate of drug-likeness (QED) is 0.333. The van der Waals surface area contributed by atoms with Crippen LogP contribution in [0.4, 0.5) is 4.39 Å². The number of carboxylic acid groups (broad SMARTS) is 1. The highest BCUT2D eigenvalue weighted by atomic mass is 19.1. The van der Waals surface area contributed by atoms with Crippen LogP contribution >= 0.6 is 0 Å². The van der Waals surface area contributed by atoms with Gasteiger partial charge in [0.05, 0.1) is 5.56 Å². The Balaban J connectivity index is 1.43. The number of benzene rings is 4. The molecule has 0 aromatic heterocycles. The lowest BCUT2D eigenvalue weighted by Gasteiger charge is -2.34. The number of hydrogen-bond donors (Lipinski definition) is 2. The van der Waals surface area contributed by atoms with Crippen molar-refractivity contribution in [2.24, 2.45) is 0 Å². The fourth-order valence-corrected chi connectivity index (χ4v) is 5.29. The summed E-state index contributed by atoms with van der Waals surface area (Å²) in [6, 6.07) is 25.0. The van der Waals surface area contributed by atoms with Crippen LogP contribution in [0.3, 0.4) is 0 Å². The normalized spacial score (nSPS) is 18.0. The van der Waals surface area contributed by atoms with Crippen LogP contribution in [0.15, 0.2) is 78.9 Å². The average Bonchev–Trinajstić information content (AvgIpc) is 2.86. The lowest BCUT2D eigenvalue weighted by atomic mass is 9.81. The van der Waals surface area contributed by atoms with E-state index in [1.54, 1.807) is 6.92 Å². The minimum atomic E-state index is -1.05. The number of hydrogen-bond acceptors (Lipinski definition) is 3. The van der Waals surface area contributed by atoms with Gasteiger partial charge in [-0.3, -0.25) is 0 Å². The molecular formula is C30H28FNO3. The van der Waals surface area contributed by atoms with Gasteiger partial charge in [-0.1, -0.05) is 60.7 Å².